The fourth-order valence-corrected chi connectivity index (χ4v) is 3.05. The maximum absolute atomic E-state index is 12.0. The van der Waals surface area contributed by atoms with Gasteiger partial charge in [-0.2, -0.15) is 0 Å². The quantitative estimate of drug-likeness (QED) is 0.523. The van der Waals surface area contributed by atoms with Crippen molar-refractivity contribution in [1.29, 1.82) is 0 Å². The van der Waals surface area contributed by atoms with Crippen molar-refractivity contribution < 1.29 is 19.8 Å². The van der Waals surface area contributed by atoms with E-state index in [1.807, 2.05) is 0 Å². The van der Waals surface area contributed by atoms with E-state index < -0.39 is 23.1 Å². The topological polar surface area (TPSA) is 74.6 Å². The summed E-state index contributed by atoms with van der Waals surface area (Å²) >= 11 is 12.0. The molecule has 1 aromatic carbocycles. The molecule has 1 aliphatic rings. The Labute approximate surface area is 135 Å². The second-order valence-corrected chi connectivity index (χ2v) is 6.53. The summed E-state index contributed by atoms with van der Waals surface area (Å²) in [7, 11) is 0. The molecule has 0 bridgehead atoms. The van der Waals surface area contributed by atoms with E-state index in [4.69, 9.17) is 0 Å². The van der Waals surface area contributed by atoms with Crippen LogP contribution in [0.3, 0.4) is 0 Å². The summed E-state index contributed by atoms with van der Waals surface area (Å²) < 4.78 is 0.226. The summed E-state index contributed by atoms with van der Waals surface area (Å²) in [6.45, 7) is 0. The van der Waals surface area contributed by atoms with Crippen molar-refractivity contribution in [3.63, 3.8) is 0 Å². The number of phenols is 2. The highest BCUT2D eigenvalue weighted by Gasteiger charge is 2.37. The van der Waals surface area contributed by atoms with Crippen LogP contribution in [0.25, 0.3) is 0 Å². The van der Waals surface area contributed by atoms with Crippen molar-refractivity contribution in [2.75, 3.05) is 0 Å². The zero-order valence-corrected chi connectivity index (χ0v) is 14.6. The highest BCUT2D eigenvalue weighted by molar-refractivity contribution is 9.14. The van der Waals surface area contributed by atoms with Crippen molar-refractivity contribution in [1.82, 2.24) is 0 Å². The number of aromatic hydroxyl groups is 2. The van der Waals surface area contributed by atoms with E-state index in [1.165, 1.54) is 0 Å². The molecule has 2 rings (SSSR count). The van der Waals surface area contributed by atoms with E-state index in [2.05, 4.69) is 63.7 Å². The molecule has 0 spiro atoms. The van der Waals surface area contributed by atoms with Gasteiger partial charge in [-0.3, -0.25) is 9.59 Å². The van der Waals surface area contributed by atoms with Crippen LogP contribution >= 0.6 is 63.7 Å². The lowest BCUT2D eigenvalue weighted by Crippen LogP contribution is -2.18. The largest absolute Gasteiger partial charge is 0.506 e. The van der Waals surface area contributed by atoms with Crippen molar-refractivity contribution >= 4 is 75.3 Å². The highest BCUT2D eigenvalue weighted by atomic mass is 79.9. The van der Waals surface area contributed by atoms with E-state index in [0.29, 0.717) is 0 Å². The number of carbonyl (C=O) groups excluding carboxylic acids is 2. The van der Waals surface area contributed by atoms with Gasteiger partial charge in [-0.15, -0.1) is 0 Å². The summed E-state index contributed by atoms with van der Waals surface area (Å²) in [5.41, 5.74) is -0.467. The van der Waals surface area contributed by atoms with Gasteiger partial charge >= 0.3 is 0 Å². The van der Waals surface area contributed by atoms with Crippen LogP contribution in [0, 0.1) is 0 Å². The molecule has 0 atom stereocenters. The van der Waals surface area contributed by atoms with Gasteiger partial charge in [0, 0.05) is 0 Å². The van der Waals surface area contributed by atoms with Gasteiger partial charge in [0.2, 0.25) is 11.6 Å². The van der Waals surface area contributed by atoms with Gasteiger partial charge in [0.1, 0.15) is 11.5 Å². The number of fused-ring (bicyclic) bond motifs is 1. The first-order chi connectivity index (χ1) is 8.29. The van der Waals surface area contributed by atoms with Crippen LogP contribution in [0.1, 0.15) is 20.7 Å². The number of ketones is 2. The first kappa shape index (κ1) is 14.2. The SMILES string of the molecule is O=C1C(Br)=C(Br)C(=O)c2c(O)c(Br)c(Br)c(O)c21. The zero-order chi connectivity index (χ0) is 13.8. The van der Waals surface area contributed by atoms with Crippen molar-refractivity contribution in [3.8, 4) is 11.5 Å². The van der Waals surface area contributed by atoms with Crippen LogP contribution in [0.5, 0.6) is 11.5 Å². The lowest BCUT2D eigenvalue weighted by Gasteiger charge is -2.19. The molecule has 94 valence electrons. The minimum absolute atomic E-state index is 0.00363. The van der Waals surface area contributed by atoms with Crippen molar-refractivity contribution in [2.24, 2.45) is 0 Å². The number of halogens is 4. The third-order valence-electron chi connectivity index (χ3n) is 2.38. The Kier molecular flexibility index (Phi) is 3.74. The van der Waals surface area contributed by atoms with Crippen molar-refractivity contribution in [3.05, 3.63) is 29.0 Å². The average Bonchev–Trinajstić information content (AvgIpc) is 2.35. The maximum Gasteiger partial charge on any atom is 0.205 e. The van der Waals surface area contributed by atoms with Gasteiger partial charge < -0.3 is 10.2 Å². The van der Waals surface area contributed by atoms with E-state index >= 15 is 0 Å². The zero-order valence-electron chi connectivity index (χ0n) is 8.22. The highest BCUT2D eigenvalue weighted by Crippen LogP contribution is 2.48. The third kappa shape index (κ3) is 1.81. The Morgan fingerprint density at radius 2 is 0.944 bits per heavy atom. The van der Waals surface area contributed by atoms with Gasteiger partial charge in [-0.05, 0) is 63.7 Å². The van der Waals surface area contributed by atoms with E-state index in [9.17, 15) is 19.8 Å². The van der Waals surface area contributed by atoms with Gasteiger partial charge in [0.05, 0.1) is 29.0 Å². The number of phenolic OH excluding ortho intramolecular Hbond substituents is 2. The maximum atomic E-state index is 12.0. The van der Waals surface area contributed by atoms with Crippen molar-refractivity contribution in [2.45, 2.75) is 0 Å². The standard InChI is InChI=1S/C10H2Br4O4/c11-3-5(13)9(17)2-1(7(3)15)8(16)4(12)6(14)10(2)18/h15,17H. The van der Waals surface area contributed by atoms with Crippen LogP contribution in [-0.4, -0.2) is 21.8 Å². The van der Waals surface area contributed by atoms with E-state index in [1.54, 1.807) is 0 Å². The molecular formula is C10H2Br4O4. The number of carbonyl (C=O) groups is 2. The lowest BCUT2D eigenvalue weighted by molar-refractivity contribution is 0.0984. The molecule has 4 nitrogen and oxygen atoms in total. The monoisotopic (exact) mass is 502 g/mol. The molecule has 1 aliphatic carbocycles. The molecule has 18 heavy (non-hydrogen) atoms. The molecule has 2 N–H and O–H groups in total. The van der Waals surface area contributed by atoms with Crippen LogP contribution in [0.4, 0.5) is 0 Å². The molecule has 0 fully saturated rings. The Morgan fingerprint density at radius 3 is 1.22 bits per heavy atom. The third-order valence-corrected chi connectivity index (χ3v) is 6.50. The Morgan fingerprint density at radius 1 is 0.667 bits per heavy atom. The fourth-order valence-electron chi connectivity index (χ4n) is 1.53. The second-order valence-electron chi connectivity index (χ2n) is 3.36. The molecule has 0 aliphatic heterocycles. The predicted octanol–water partition coefficient (Wildman–Crippen LogP) is 4.00. The second kappa shape index (κ2) is 4.73. The van der Waals surface area contributed by atoms with Crippen LogP contribution in [0.2, 0.25) is 0 Å². The van der Waals surface area contributed by atoms with E-state index in [-0.39, 0.29) is 29.0 Å². The number of Topliss-reactive ketones (excluding diaryl/α,β-unsaturated/α-hetero) is 2. The minimum atomic E-state index is -0.586. The summed E-state index contributed by atoms with van der Waals surface area (Å²) in [4.78, 5) is 24.0. The molecule has 0 aromatic heterocycles. The summed E-state index contributed by atoms with van der Waals surface area (Å²) in [6.07, 6.45) is 0. The Hall–Kier alpha value is -0.180. The molecular weight excluding hydrogens is 504 g/mol. The lowest BCUT2D eigenvalue weighted by atomic mass is 9.93. The molecule has 1 aromatic rings. The first-order valence-electron chi connectivity index (χ1n) is 4.36. The molecule has 0 saturated carbocycles. The molecule has 0 saturated heterocycles. The molecule has 0 amide bonds. The van der Waals surface area contributed by atoms with Gasteiger partial charge in [-0.1, -0.05) is 0 Å². The summed E-state index contributed by atoms with van der Waals surface area (Å²) in [5.74, 6) is -1.97. The number of allylic oxidation sites excluding steroid dienone is 2. The molecule has 0 radical (unpaired) electrons. The fraction of sp³-hybridized carbons (Fsp3) is 0. The normalized spacial score (nSPS) is 15.1. The predicted molar refractivity (Wildman–Crippen MR) is 78.7 cm³/mol. The van der Waals surface area contributed by atoms with Gasteiger partial charge in [-0.25, -0.2) is 0 Å². The number of hydrogen-bond donors (Lipinski definition) is 2. The number of rotatable bonds is 0. The molecule has 8 heteroatoms. The Balaban J connectivity index is 2.96. The molecule has 0 heterocycles. The number of benzene rings is 1. The Bertz CT molecular complexity index is 593. The van der Waals surface area contributed by atoms with Gasteiger partial charge in [0.25, 0.3) is 0 Å². The van der Waals surface area contributed by atoms with Crippen LogP contribution < -0.4 is 0 Å². The first-order valence-corrected chi connectivity index (χ1v) is 7.53. The van der Waals surface area contributed by atoms with E-state index in [0.717, 1.165) is 0 Å². The average molecular weight is 506 g/mol. The van der Waals surface area contributed by atoms with Crippen LogP contribution in [0.15, 0.2) is 17.9 Å². The van der Waals surface area contributed by atoms with Crippen LogP contribution in [-0.2, 0) is 0 Å². The van der Waals surface area contributed by atoms with Gasteiger partial charge in [0.15, 0.2) is 0 Å². The smallest absolute Gasteiger partial charge is 0.205 e. The summed E-state index contributed by atoms with van der Waals surface area (Å²) in [6, 6.07) is 0. The minimum Gasteiger partial charge on any atom is -0.506 e. The molecule has 0 unspecified atom stereocenters. The number of hydrogen-bond acceptors (Lipinski definition) is 4. The summed E-state index contributed by atoms with van der Waals surface area (Å²) in [5, 5.41) is 19.8.